The average molecular weight is 448 g/mol. The van der Waals surface area contributed by atoms with Gasteiger partial charge in [0, 0.05) is 38.2 Å². The predicted octanol–water partition coefficient (Wildman–Crippen LogP) is 1.02. The molecule has 0 bridgehead atoms. The Labute approximate surface area is 185 Å². The molecule has 2 aromatic rings. The second-order valence-electron chi connectivity index (χ2n) is 7.63. The molecular formula is C21H29FN6O4. The number of anilines is 1. The van der Waals surface area contributed by atoms with Crippen LogP contribution in [0.2, 0.25) is 0 Å². The van der Waals surface area contributed by atoms with Crippen molar-refractivity contribution in [3.8, 4) is 0 Å². The number of halogens is 1. The van der Waals surface area contributed by atoms with Gasteiger partial charge in [-0.05, 0) is 38.0 Å². The Bertz CT molecular complexity index is 964. The minimum absolute atomic E-state index is 0.0484. The number of nitrogens with one attached hydrogen (secondary N) is 1. The number of pyridine rings is 1. The molecule has 1 aliphatic rings. The highest BCUT2D eigenvalue weighted by molar-refractivity contribution is 5.92. The number of aromatic nitrogens is 3. The molecule has 2 atom stereocenters. The maximum atomic E-state index is 14.3. The van der Waals surface area contributed by atoms with E-state index in [0.717, 1.165) is 17.0 Å². The summed E-state index contributed by atoms with van der Waals surface area (Å²) in [5.74, 6) is -0.316. The van der Waals surface area contributed by atoms with Crippen LogP contribution in [0.5, 0.6) is 0 Å². The van der Waals surface area contributed by atoms with Crippen molar-refractivity contribution in [2.75, 3.05) is 18.8 Å². The Balaban J connectivity index is 0.00000114. The van der Waals surface area contributed by atoms with Crippen LogP contribution in [0.4, 0.5) is 10.2 Å². The second-order valence-corrected chi connectivity index (χ2v) is 7.63. The van der Waals surface area contributed by atoms with Crippen molar-refractivity contribution in [3.63, 3.8) is 0 Å². The fourth-order valence-corrected chi connectivity index (χ4v) is 3.75. The molecule has 11 heteroatoms. The highest BCUT2D eigenvalue weighted by Gasteiger charge is 2.31. The number of rotatable bonds is 5. The van der Waals surface area contributed by atoms with Gasteiger partial charge in [-0.15, -0.1) is 0 Å². The number of alkyl halides is 1. The summed E-state index contributed by atoms with van der Waals surface area (Å²) in [4.78, 5) is 38.9. The summed E-state index contributed by atoms with van der Waals surface area (Å²) in [6.07, 6.45) is -0.188. The minimum atomic E-state index is -1.19. The Kier molecular flexibility index (Phi) is 8.68. The monoisotopic (exact) mass is 448 g/mol. The topological polar surface area (TPSA) is 143 Å². The third-order valence-corrected chi connectivity index (χ3v) is 5.34. The maximum Gasteiger partial charge on any atom is 0.290 e. The first-order valence-electron chi connectivity index (χ1n) is 10.2. The first-order chi connectivity index (χ1) is 15.2. The van der Waals surface area contributed by atoms with E-state index in [1.54, 1.807) is 22.9 Å². The van der Waals surface area contributed by atoms with Gasteiger partial charge in [0.1, 0.15) is 17.7 Å². The summed E-state index contributed by atoms with van der Waals surface area (Å²) in [6.45, 7) is 3.96. The van der Waals surface area contributed by atoms with Crippen molar-refractivity contribution < 1.29 is 23.9 Å². The molecule has 0 spiro atoms. The third kappa shape index (κ3) is 6.50. The van der Waals surface area contributed by atoms with Crippen LogP contribution in [0, 0.1) is 13.8 Å². The molecule has 2 aromatic heterocycles. The molecule has 2 amide bonds. The highest BCUT2D eigenvalue weighted by Crippen LogP contribution is 2.18. The summed E-state index contributed by atoms with van der Waals surface area (Å²) >= 11 is 0. The zero-order valence-corrected chi connectivity index (χ0v) is 18.4. The third-order valence-electron chi connectivity index (χ3n) is 5.34. The van der Waals surface area contributed by atoms with Crippen LogP contribution in [0.3, 0.4) is 0 Å². The van der Waals surface area contributed by atoms with Gasteiger partial charge in [-0.2, -0.15) is 5.10 Å². The van der Waals surface area contributed by atoms with Gasteiger partial charge in [-0.1, -0.05) is 6.07 Å². The zero-order valence-electron chi connectivity index (χ0n) is 18.4. The highest BCUT2D eigenvalue weighted by atomic mass is 19.1. The van der Waals surface area contributed by atoms with Crippen molar-refractivity contribution in [2.24, 2.45) is 7.05 Å². The van der Waals surface area contributed by atoms with Gasteiger partial charge in [0.2, 0.25) is 5.91 Å². The van der Waals surface area contributed by atoms with Crippen molar-refractivity contribution in [1.82, 2.24) is 25.0 Å². The molecule has 32 heavy (non-hydrogen) atoms. The van der Waals surface area contributed by atoms with Crippen LogP contribution >= 0.6 is 0 Å². The van der Waals surface area contributed by atoms with Crippen molar-refractivity contribution in [3.05, 3.63) is 40.8 Å². The van der Waals surface area contributed by atoms with Crippen LogP contribution in [-0.4, -0.2) is 68.4 Å². The molecule has 174 valence electrons. The molecule has 0 unspecified atom stereocenters. The average Bonchev–Trinajstić information content (AvgIpc) is 2.97. The Morgan fingerprint density at radius 1 is 1.34 bits per heavy atom. The van der Waals surface area contributed by atoms with E-state index in [9.17, 15) is 14.0 Å². The molecule has 1 fully saturated rings. The lowest BCUT2D eigenvalue weighted by molar-refractivity contribution is -0.133. The summed E-state index contributed by atoms with van der Waals surface area (Å²) in [6, 6.07) is 4.29. The standard InChI is InChI=1S/C20H27FN6O2.CH2O2/c1-12-16(13(2)26(3)25-12)7-8-19(28)27-10-14(21)9-15(11-27)23-20(29)17-5-4-6-18(22)24-17;2-1-3/h4-6,14-15H,7-11H2,1-3H3,(H2,22,24)(H,23,29);1H,(H,2,3)/t14-,15+;/m1./s1. The SMILES string of the molecule is Cc1nn(C)c(C)c1CCC(=O)N1C[C@H](F)C[C@H](NC(=O)c2cccc(N)n2)C1.O=CO. The molecule has 0 radical (unpaired) electrons. The van der Waals surface area contributed by atoms with E-state index in [4.69, 9.17) is 15.6 Å². The van der Waals surface area contributed by atoms with E-state index >= 15 is 0 Å². The van der Waals surface area contributed by atoms with Crippen molar-refractivity contribution >= 4 is 24.1 Å². The van der Waals surface area contributed by atoms with E-state index in [-0.39, 0.29) is 49.8 Å². The van der Waals surface area contributed by atoms with Crippen LogP contribution in [0.25, 0.3) is 0 Å². The smallest absolute Gasteiger partial charge is 0.290 e. The van der Waals surface area contributed by atoms with Crippen molar-refractivity contribution in [1.29, 1.82) is 0 Å². The van der Waals surface area contributed by atoms with Crippen LogP contribution in [-0.2, 0) is 23.1 Å². The van der Waals surface area contributed by atoms with Gasteiger partial charge in [0.05, 0.1) is 12.2 Å². The van der Waals surface area contributed by atoms with Crippen molar-refractivity contribution in [2.45, 2.75) is 45.3 Å². The molecule has 0 aliphatic carbocycles. The molecule has 4 N–H and O–H groups in total. The molecule has 10 nitrogen and oxygen atoms in total. The van der Waals surface area contributed by atoms with E-state index in [0.29, 0.717) is 6.42 Å². The number of nitrogens with zero attached hydrogens (tertiary/aromatic N) is 4. The number of hydrogen-bond donors (Lipinski definition) is 3. The quantitative estimate of drug-likeness (QED) is 0.579. The summed E-state index contributed by atoms with van der Waals surface area (Å²) in [5.41, 5.74) is 8.76. The normalized spacial score (nSPS) is 17.8. The minimum Gasteiger partial charge on any atom is -0.483 e. The number of nitrogen functional groups attached to an aromatic ring is 1. The lowest BCUT2D eigenvalue weighted by Gasteiger charge is -2.35. The molecule has 3 heterocycles. The summed E-state index contributed by atoms with van der Waals surface area (Å²) in [7, 11) is 1.87. The Morgan fingerprint density at radius 3 is 2.62 bits per heavy atom. The number of hydrogen-bond acceptors (Lipinski definition) is 6. The number of carbonyl (C=O) groups is 3. The van der Waals surface area contributed by atoms with Gasteiger partial charge in [-0.3, -0.25) is 19.1 Å². The molecule has 3 rings (SSSR count). The number of likely N-dealkylation sites (tertiary alicyclic amines) is 1. The molecule has 1 aliphatic heterocycles. The van der Waals surface area contributed by atoms with Gasteiger partial charge in [0.25, 0.3) is 12.4 Å². The number of carbonyl (C=O) groups excluding carboxylic acids is 2. The first-order valence-corrected chi connectivity index (χ1v) is 10.2. The fourth-order valence-electron chi connectivity index (χ4n) is 3.75. The first kappa shape index (κ1) is 24.8. The molecule has 1 saturated heterocycles. The van der Waals surface area contributed by atoms with Crippen LogP contribution < -0.4 is 11.1 Å². The predicted molar refractivity (Wildman–Crippen MR) is 116 cm³/mol. The molecule has 0 saturated carbocycles. The zero-order chi connectivity index (χ0) is 23.8. The lowest BCUT2D eigenvalue weighted by atomic mass is 10.0. The number of aryl methyl sites for hydroxylation is 2. The number of piperidine rings is 1. The fraction of sp³-hybridized carbons (Fsp3) is 0.476. The van der Waals surface area contributed by atoms with Gasteiger partial charge in [-0.25, -0.2) is 9.37 Å². The maximum absolute atomic E-state index is 14.3. The van der Waals surface area contributed by atoms with E-state index < -0.39 is 18.1 Å². The van der Waals surface area contributed by atoms with Gasteiger partial charge in [0.15, 0.2) is 0 Å². The van der Waals surface area contributed by atoms with Crippen LogP contribution in [0.15, 0.2) is 18.2 Å². The number of nitrogens with two attached hydrogens (primary N) is 1. The van der Waals surface area contributed by atoms with Gasteiger partial charge >= 0.3 is 0 Å². The van der Waals surface area contributed by atoms with E-state index in [1.165, 1.54) is 4.90 Å². The molecular weight excluding hydrogens is 419 g/mol. The largest absolute Gasteiger partial charge is 0.483 e. The number of carboxylic acid groups (broad SMARTS) is 1. The Morgan fingerprint density at radius 2 is 2.03 bits per heavy atom. The van der Waals surface area contributed by atoms with Gasteiger partial charge < -0.3 is 21.1 Å². The summed E-state index contributed by atoms with van der Waals surface area (Å²) in [5, 5.41) is 14.0. The Hall–Kier alpha value is -3.50. The second kappa shape index (κ2) is 11.2. The van der Waals surface area contributed by atoms with Crippen LogP contribution in [0.1, 0.15) is 40.3 Å². The number of amides is 2. The van der Waals surface area contributed by atoms with E-state index in [1.807, 2.05) is 20.9 Å². The summed E-state index contributed by atoms with van der Waals surface area (Å²) < 4.78 is 16.1. The molecule has 0 aromatic carbocycles. The van der Waals surface area contributed by atoms with E-state index in [2.05, 4.69) is 15.4 Å². The lowest BCUT2D eigenvalue weighted by Crippen LogP contribution is -2.53.